The van der Waals surface area contributed by atoms with Gasteiger partial charge in [-0.2, -0.15) is 11.8 Å². The minimum absolute atomic E-state index is 0.146. The molecule has 1 aromatic carbocycles. The van der Waals surface area contributed by atoms with E-state index >= 15 is 0 Å². The molecule has 1 atom stereocenters. The summed E-state index contributed by atoms with van der Waals surface area (Å²) in [5.74, 6) is 0.0962. The number of hydrogen-bond acceptors (Lipinski definition) is 5. The zero-order valence-corrected chi connectivity index (χ0v) is 17.1. The number of carbonyl (C=O) groups is 2. The first-order valence-electron chi connectivity index (χ1n) is 9.86. The Morgan fingerprint density at radius 1 is 1.21 bits per heavy atom. The van der Waals surface area contributed by atoms with Gasteiger partial charge in [0.05, 0.1) is 4.92 Å². The van der Waals surface area contributed by atoms with Crippen LogP contribution in [-0.2, 0) is 4.79 Å². The van der Waals surface area contributed by atoms with Gasteiger partial charge in [-0.15, -0.1) is 0 Å². The Hall–Kier alpha value is -2.09. The lowest BCUT2D eigenvalue weighted by atomic mass is 9.96. The van der Waals surface area contributed by atoms with E-state index in [0.29, 0.717) is 6.42 Å². The molecule has 154 valence electrons. The highest BCUT2D eigenvalue weighted by Crippen LogP contribution is 2.18. The summed E-state index contributed by atoms with van der Waals surface area (Å²) in [6, 6.07) is 5.06. The lowest BCUT2D eigenvalue weighted by molar-refractivity contribution is -0.384. The smallest absolute Gasteiger partial charge is 0.270 e. The van der Waals surface area contributed by atoms with Crippen LogP contribution in [0.25, 0.3) is 0 Å². The number of nitro groups is 1. The standard InChI is InChI=1S/C20H29N3O4S/c1-28-13-12-18(20(25)21-16-9-5-3-2-4-6-10-16)22-19(24)15-8-7-11-17(14-15)23(26)27/h7-8,11,14,16,18H,2-6,9-10,12-13H2,1H3,(H,21,25)(H,22,24). The molecule has 2 amide bonds. The molecule has 2 rings (SSSR count). The predicted molar refractivity (Wildman–Crippen MR) is 112 cm³/mol. The fraction of sp³-hybridized carbons (Fsp3) is 0.600. The highest BCUT2D eigenvalue weighted by Gasteiger charge is 2.24. The molecule has 1 saturated carbocycles. The van der Waals surface area contributed by atoms with Crippen LogP contribution in [0.2, 0.25) is 0 Å². The van der Waals surface area contributed by atoms with Gasteiger partial charge in [0.15, 0.2) is 0 Å². The van der Waals surface area contributed by atoms with Crippen molar-refractivity contribution in [1.29, 1.82) is 0 Å². The van der Waals surface area contributed by atoms with Crippen molar-refractivity contribution in [2.75, 3.05) is 12.0 Å². The van der Waals surface area contributed by atoms with Crippen LogP contribution >= 0.6 is 11.8 Å². The van der Waals surface area contributed by atoms with Crippen molar-refractivity contribution in [3.63, 3.8) is 0 Å². The summed E-state index contributed by atoms with van der Waals surface area (Å²) in [5.41, 5.74) is 0.0365. The number of rotatable bonds is 8. The molecule has 8 heteroatoms. The van der Waals surface area contributed by atoms with E-state index in [2.05, 4.69) is 10.6 Å². The van der Waals surface area contributed by atoms with E-state index in [1.165, 1.54) is 43.5 Å². The number of nitrogens with zero attached hydrogens (tertiary/aromatic N) is 1. The summed E-state index contributed by atoms with van der Waals surface area (Å²) < 4.78 is 0. The minimum Gasteiger partial charge on any atom is -0.352 e. The second-order valence-corrected chi connectivity index (χ2v) is 8.15. The lowest BCUT2D eigenvalue weighted by Gasteiger charge is -2.25. The first-order valence-corrected chi connectivity index (χ1v) is 11.2. The van der Waals surface area contributed by atoms with Gasteiger partial charge in [0.25, 0.3) is 11.6 Å². The van der Waals surface area contributed by atoms with Crippen molar-refractivity contribution < 1.29 is 14.5 Å². The van der Waals surface area contributed by atoms with E-state index in [-0.39, 0.29) is 23.2 Å². The van der Waals surface area contributed by atoms with E-state index < -0.39 is 16.9 Å². The summed E-state index contributed by atoms with van der Waals surface area (Å²) in [6.45, 7) is 0. The van der Waals surface area contributed by atoms with Gasteiger partial charge in [-0.1, -0.05) is 38.2 Å². The molecule has 7 nitrogen and oxygen atoms in total. The number of non-ortho nitro benzene ring substituents is 1. The number of carbonyl (C=O) groups excluding carboxylic acids is 2. The number of amides is 2. The van der Waals surface area contributed by atoms with Crippen LogP contribution in [0.4, 0.5) is 5.69 Å². The maximum atomic E-state index is 12.8. The first kappa shape index (κ1) is 22.2. The zero-order valence-electron chi connectivity index (χ0n) is 16.3. The van der Waals surface area contributed by atoms with Crippen LogP contribution in [-0.4, -0.2) is 40.8 Å². The molecular formula is C20H29N3O4S. The third kappa shape index (κ3) is 7.14. The van der Waals surface area contributed by atoms with Crippen molar-refractivity contribution in [2.45, 2.75) is 63.5 Å². The molecular weight excluding hydrogens is 378 g/mol. The van der Waals surface area contributed by atoms with Crippen molar-refractivity contribution in [2.24, 2.45) is 0 Å². The van der Waals surface area contributed by atoms with Crippen LogP contribution in [0.15, 0.2) is 24.3 Å². The lowest BCUT2D eigenvalue weighted by Crippen LogP contribution is -2.50. The van der Waals surface area contributed by atoms with Gasteiger partial charge in [-0.25, -0.2) is 0 Å². The van der Waals surface area contributed by atoms with E-state index in [4.69, 9.17) is 0 Å². The molecule has 0 aliphatic heterocycles. The number of thioether (sulfide) groups is 1. The molecule has 1 aromatic rings. The summed E-state index contributed by atoms with van der Waals surface area (Å²) in [5, 5.41) is 16.8. The number of nitro benzene ring substituents is 1. The molecule has 1 aliphatic rings. The molecule has 1 fully saturated rings. The van der Waals surface area contributed by atoms with Crippen molar-refractivity contribution in [3.05, 3.63) is 39.9 Å². The first-order chi connectivity index (χ1) is 13.5. The highest BCUT2D eigenvalue weighted by molar-refractivity contribution is 7.98. The highest BCUT2D eigenvalue weighted by atomic mass is 32.2. The Morgan fingerprint density at radius 3 is 2.54 bits per heavy atom. The second kappa shape index (κ2) is 11.7. The van der Waals surface area contributed by atoms with Crippen LogP contribution in [0.3, 0.4) is 0 Å². The molecule has 0 heterocycles. The van der Waals surface area contributed by atoms with Crippen LogP contribution in [0, 0.1) is 10.1 Å². The topological polar surface area (TPSA) is 101 Å². The maximum absolute atomic E-state index is 12.8. The Morgan fingerprint density at radius 2 is 1.89 bits per heavy atom. The average Bonchev–Trinajstić information content (AvgIpc) is 2.66. The Labute approximate surface area is 170 Å². The fourth-order valence-electron chi connectivity index (χ4n) is 3.41. The Balaban J connectivity index is 2.02. The molecule has 0 bridgehead atoms. The molecule has 1 aliphatic carbocycles. The zero-order chi connectivity index (χ0) is 20.4. The predicted octanol–water partition coefficient (Wildman–Crippen LogP) is 3.68. The van der Waals surface area contributed by atoms with Crippen LogP contribution in [0.1, 0.15) is 61.7 Å². The number of hydrogen-bond donors (Lipinski definition) is 2. The molecule has 0 radical (unpaired) electrons. The van der Waals surface area contributed by atoms with Crippen molar-refractivity contribution in [3.8, 4) is 0 Å². The summed E-state index contributed by atoms with van der Waals surface area (Å²) in [4.78, 5) is 35.8. The fourth-order valence-corrected chi connectivity index (χ4v) is 3.88. The molecule has 0 aromatic heterocycles. The summed E-state index contributed by atoms with van der Waals surface area (Å²) in [7, 11) is 0. The molecule has 28 heavy (non-hydrogen) atoms. The normalized spacial score (nSPS) is 16.5. The number of benzene rings is 1. The molecule has 1 unspecified atom stereocenters. The average molecular weight is 408 g/mol. The van der Waals surface area contributed by atoms with E-state index in [1.807, 2.05) is 6.26 Å². The quantitative estimate of drug-likeness (QED) is 0.506. The Kier molecular flexibility index (Phi) is 9.27. The Bertz CT molecular complexity index is 675. The monoisotopic (exact) mass is 407 g/mol. The van der Waals surface area contributed by atoms with Gasteiger partial charge < -0.3 is 10.6 Å². The summed E-state index contributed by atoms with van der Waals surface area (Å²) >= 11 is 1.61. The van der Waals surface area contributed by atoms with Gasteiger partial charge in [0, 0.05) is 23.7 Å². The van der Waals surface area contributed by atoms with Crippen LogP contribution in [0.5, 0.6) is 0 Å². The van der Waals surface area contributed by atoms with Gasteiger partial charge in [0.1, 0.15) is 6.04 Å². The van der Waals surface area contributed by atoms with Gasteiger partial charge >= 0.3 is 0 Å². The van der Waals surface area contributed by atoms with Crippen LogP contribution < -0.4 is 10.6 Å². The molecule has 2 N–H and O–H groups in total. The second-order valence-electron chi connectivity index (χ2n) is 7.17. The van der Waals surface area contributed by atoms with E-state index in [9.17, 15) is 19.7 Å². The third-order valence-electron chi connectivity index (χ3n) is 5.00. The van der Waals surface area contributed by atoms with Gasteiger partial charge in [-0.05, 0) is 37.3 Å². The van der Waals surface area contributed by atoms with E-state index in [1.54, 1.807) is 11.8 Å². The van der Waals surface area contributed by atoms with Gasteiger partial charge in [-0.3, -0.25) is 19.7 Å². The minimum atomic E-state index is -0.648. The number of nitrogens with one attached hydrogen (secondary N) is 2. The molecule has 0 spiro atoms. The van der Waals surface area contributed by atoms with E-state index in [0.717, 1.165) is 31.4 Å². The molecule has 0 saturated heterocycles. The van der Waals surface area contributed by atoms with Crippen molar-refractivity contribution in [1.82, 2.24) is 10.6 Å². The van der Waals surface area contributed by atoms with Crippen molar-refractivity contribution >= 4 is 29.3 Å². The summed E-state index contributed by atoms with van der Waals surface area (Å²) in [6.07, 6.45) is 10.3. The maximum Gasteiger partial charge on any atom is 0.270 e. The van der Waals surface area contributed by atoms with Gasteiger partial charge in [0.2, 0.25) is 5.91 Å². The SMILES string of the molecule is CSCCC(NC(=O)c1cccc([N+](=O)[O-])c1)C(=O)NC1CCCCCCC1. The largest absolute Gasteiger partial charge is 0.352 e. The third-order valence-corrected chi connectivity index (χ3v) is 5.65.